The zero-order chi connectivity index (χ0) is 24.6. The molecular weight excluding hydrogens is 444 g/mol. The molecule has 0 aliphatic rings. The van der Waals surface area contributed by atoms with Crippen molar-refractivity contribution < 1.29 is 14.3 Å². The zero-order valence-corrected chi connectivity index (χ0v) is 19.9. The summed E-state index contributed by atoms with van der Waals surface area (Å²) in [6.45, 7) is 0.867. The molecule has 0 unspecified atom stereocenters. The van der Waals surface area contributed by atoms with E-state index >= 15 is 0 Å². The largest absolute Gasteiger partial charge is 0.493 e. The van der Waals surface area contributed by atoms with E-state index in [2.05, 4.69) is 15.3 Å². The van der Waals surface area contributed by atoms with Crippen molar-refractivity contribution in [3.05, 3.63) is 94.2 Å². The van der Waals surface area contributed by atoms with Crippen LogP contribution in [0, 0.1) is 0 Å². The van der Waals surface area contributed by atoms with Crippen molar-refractivity contribution in [3.8, 4) is 11.5 Å². The highest BCUT2D eigenvalue weighted by Gasteiger charge is 2.14. The Morgan fingerprint density at radius 1 is 0.943 bits per heavy atom. The molecule has 0 radical (unpaired) electrons. The van der Waals surface area contributed by atoms with Gasteiger partial charge in [-0.25, -0.2) is 9.97 Å². The standard InChI is InChI=1S/C27H28N4O4/c1-34-22-11-10-19(17-23(22)35-2)14-16-28-25(32)13-12-24-30-26-21(9-6-15-29-26)27(33)31(24)18-20-7-4-3-5-8-20/h3-11,15,17H,12-14,16,18H2,1-2H3,(H,28,32). The van der Waals surface area contributed by atoms with Gasteiger partial charge in [0.1, 0.15) is 5.82 Å². The maximum absolute atomic E-state index is 13.2. The van der Waals surface area contributed by atoms with Crippen LogP contribution in [0.25, 0.3) is 11.0 Å². The van der Waals surface area contributed by atoms with Gasteiger partial charge in [-0.15, -0.1) is 0 Å². The second-order valence-electron chi connectivity index (χ2n) is 8.07. The highest BCUT2D eigenvalue weighted by atomic mass is 16.5. The Balaban J connectivity index is 1.43. The normalized spacial score (nSPS) is 10.8. The summed E-state index contributed by atoms with van der Waals surface area (Å²) in [7, 11) is 3.19. The molecule has 0 saturated heterocycles. The van der Waals surface area contributed by atoms with Crippen LogP contribution in [0.5, 0.6) is 11.5 Å². The molecule has 180 valence electrons. The van der Waals surface area contributed by atoms with Crippen molar-refractivity contribution in [1.29, 1.82) is 0 Å². The summed E-state index contributed by atoms with van der Waals surface area (Å²) in [5, 5.41) is 3.41. The second kappa shape index (κ2) is 11.3. The summed E-state index contributed by atoms with van der Waals surface area (Å²) in [6, 6.07) is 18.9. The van der Waals surface area contributed by atoms with Gasteiger partial charge in [-0.2, -0.15) is 0 Å². The molecule has 0 aliphatic heterocycles. The number of aromatic nitrogens is 3. The molecule has 2 aromatic carbocycles. The first-order valence-corrected chi connectivity index (χ1v) is 11.4. The first kappa shape index (κ1) is 23.9. The van der Waals surface area contributed by atoms with E-state index in [9.17, 15) is 9.59 Å². The summed E-state index contributed by atoms with van der Waals surface area (Å²) in [4.78, 5) is 34.6. The van der Waals surface area contributed by atoms with Crippen LogP contribution in [0.2, 0.25) is 0 Å². The molecule has 35 heavy (non-hydrogen) atoms. The van der Waals surface area contributed by atoms with Crippen molar-refractivity contribution in [2.24, 2.45) is 0 Å². The van der Waals surface area contributed by atoms with E-state index in [0.717, 1.165) is 11.1 Å². The lowest BCUT2D eigenvalue weighted by Gasteiger charge is -2.13. The fraction of sp³-hybridized carbons (Fsp3) is 0.259. The first-order valence-electron chi connectivity index (χ1n) is 11.4. The molecule has 0 aliphatic carbocycles. The van der Waals surface area contributed by atoms with Crippen LogP contribution in [-0.2, 0) is 24.2 Å². The van der Waals surface area contributed by atoms with Gasteiger partial charge >= 0.3 is 0 Å². The van der Waals surface area contributed by atoms with Crippen molar-refractivity contribution in [2.45, 2.75) is 25.8 Å². The third-order valence-corrected chi connectivity index (χ3v) is 5.75. The van der Waals surface area contributed by atoms with Crippen molar-refractivity contribution in [1.82, 2.24) is 19.9 Å². The molecular formula is C27H28N4O4. The second-order valence-corrected chi connectivity index (χ2v) is 8.07. The molecule has 0 bridgehead atoms. The number of methoxy groups -OCH3 is 2. The first-order chi connectivity index (χ1) is 17.1. The third kappa shape index (κ3) is 5.84. The average molecular weight is 473 g/mol. The van der Waals surface area contributed by atoms with Crippen LogP contribution in [0.1, 0.15) is 23.4 Å². The minimum absolute atomic E-state index is 0.105. The van der Waals surface area contributed by atoms with Gasteiger partial charge in [0, 0.05) is 25.6 Å². The molecule has 2 heterocycles. The molecule has 8 nitrogen and oxygen atoms in total. The number of aryl methyl sites for hydroxylation is 1. The van der Waals surface area contributed by atoms with Crippen LogP contribution in [0.15, 0.2) is 71.7 Å². The number of fused-ring (bicyclic) bond motifs is 1. The highest BCUT2D eigenvalue weighted by molar-refractivity contribution is 5.76. The van der Waals surface area contributed by atoms with Gasteiger partial charge in [-0.3, -0.25) is 14.2 Å². The molecule has 4 rings (SSSR count). The fourth-order valence-corrected chi connectivity index (χ4v) is 3.91. The SMILES string of the molecule is COc1ccc(CCNC(=O)CCc2nc3ncccc3c(=O)n2Cc2ccccc2)cc1OC. The Hall–Kier alpha value is -4.20. The quantitative estimate of drug-likeness (QED) is 0.381. The number of pyridine rings is 1. The molecule has 8 heteroatoms. The Morgan fingerprint density at radius 3 is 2.51 bits per heavy atom. The number of nitrogens with one attached hydrogen (secondary N) is 1. The van der Waals surface area contributed by atoms with E-state index in [1.54, 1.807) is 37.1 Å². The number of benzene rings is 2. The summed E-state index contributed by atoms with van der Waals surface area (Å²) in [5.41, 5.74) is 2.25. The van der Waals surface area contributed by atoms with E-state index in [1.165, 1.54) is 0 Å². The average Bonchev–Trinajstić information content (AvgIpc) is 2.89. The molecule has 1 amide bonds. The van der Waals surface area contributed by atoms with Gasteiger partial charge in [-0.05, 0) is 41.8 Å². The Bertz CT molecular complexity index is 1370. The molecule has 0 saturated carbocycles. The fourth-order valence-electron chi connectivity index (χ4n) is 3.91. The third-order valence-electron chi connectivity index (χ3n) is 5.75. The molecule has 0 fully saturated rings. The van der Waals surface area contributed by atoms with Crippen molar-refractivity contribution in [3.63, 3.8) is 0 Å². The predicted octanol–water partition coefficient (Wildman–Crippen LogP) is 3.15. The molecule has 0 atom stereocenters. The molecule has 1 N–H and O–H groups in total. The highest BCUT2D eigenvalue weighted by Crippen LogP contribution is 2.27. The van der Waals surface area contributed by atoms with E-state index < -0.39 is 0 Å². The Kier molecular flexibility index (Phi) is 7.72. The van der Waals surface area contributed by atoms with E-state index in [0.29, 0.717) is 54.3 Å². The van der Waals surface area contributed by atoms with Crippen molar-refractivity contribution in [2.75, 3.05) is 20.8 Å². The lowest BCUT2D eigenvalue weighted by molar-refractivity contribution is -0.121. The van der Waals surface area contributed by atoms with Gasteiger partial charge in [-0.1, -0.05) is 36.4 Å². The van der Waals surface area contributed by atoms with Crippen molar-refractivity contribution >= 4 is 16.9 Å². The maximum Gasteiger partial charge on any atom is 0.263 e. The lowest BCUT2D eigenvalue weighted by Crippen LogP contribution is -2.29. The number of carbonyl (C=O) groups excluding carboxylic acids is 1. The Labute approximate surface area is 203 Å². The molecule has 4 aromatic rings. The van der Waals surface area contributed by atoms with Crippen LogP contribution >= 0.6 is 0 Å². The van der Waals surface area contributed by atoms with E-state index in [-0.39, 0.29) is 17.9 Å². The summed E-state index contributed by atoms with van der Waals surface area (Å²) < 4.78 is 12.2. The maximum atomic E-state index is 13.2. The lowest BCUT2D eigenvalue weighted by atomic mass is 10.1. The Morgan fingerprint density at radius 2 is 1.74 bits per heavy atom. The van der Waals surface area contributed by atoms with Gasteiger partial charge in [0.15, 0.2) is 17.1 Å². The number of amides is 1. The number of hydrogen-bond donors (Lipinski definition) is 1. The van der Waals surface area contributed by atoms with Gasteiger partial charge < -0.3 is 14.8 Å². The molecule has 2 aromatic heterocycles. The monoisotopic (exact) mass is 472 g/mol. The number of ether oxygens (including phenoxy) is 2. The van der Waals surface area contributed by atoms with Crippen LogP contribution in [-0.4, -0.2) is 41.2 Å². The number of rotatable bonds is 10. The minimum Gasteiger partial charge on any atom is -0.493 e. The van der Waals surface area contributed by atoms with Crippen LogP contribution in [0.4, 0.5) is 0 Å². The summed E-state index contributed by atoms with van der Waals surface area (Å²) in [5.74, 6) is 1.76. The minimum atomic E-state index is -0.157. The number of carbonyl (C=O) groups is 1. The summed E-state index contributed by atoms with van der Waals surface area (Å²) in [6.07, 6.45) is 2.81. The number of nitrogens with zero attached hydrogens (tertiary/aromatic N) is 3. The number of hydrogen-bond acceptors (Lipinski definition) is 6. The summed E-state index contributed by atoms with van der Waals surface area (Å²) >= 11 is 0. The van der Waals surface area contributed by atoms with Crippen LogP contribution < -0.4 is 20.3 Å². The van der Waals surface area contributed by atoms with E-state index in [1.807, 2.05) is 48.5 Å². The topological polar surface area (TPSA) is 95.3 Å². The van der Waals surface area contributed by atoms with E-state index in [4.69, 9.17) is 9.47 Å². The van der Waals surface area contributed by atoms with Gasteiger partial charge in [0.05, 0.1) is 26.2 Å². The smallest absolute Gasteiger partial charge is 0.263 e. The van der Waals surface area contributed by atoms with Crippen LogP contribution in [0.3, 0.4) is 0 Å². The van der Waals surface area contributed by atoms with Gasteiger partial charge in [0.2, 0.25) is 5.91 Å². The molecule has 0 spiro atoms. The zero-order valence-electron chi connectivity index (χ0n) is 19.9. The predicted molar refractivity (Wildman–Crippen MR) is 134 cm³/mol. The van der Waals surface area contributed by atoms with Gasteiger partial charge in [0.25, 0.3) is 5.56 Å².